The van der Waals surface area contributed by atoms with Crippen LogP contribution in [-0.4, -0.2) is 26.4 Å². The highest BCUT2D eigenvalue weighted by molar-refractivity contribution is 7.99. The molecule has 2 aromatic carbocycles. The maximum atomic E-state index is 12.2. The van der Waals surface area contributed by atoms with Crippen molar-refractivity contribution in [2.75, 3.05) is 11.1 Å². The first kappa shape index (κ1) is 18.8. The lowest BCUT2D eigenvalue weighted by molar-refractivity contribution is -0.113. The Balaban J connectivity index is 1.70. The lowest BCUT2D eigenvalue weighted by atomic mass is 10.2. The Morgan fingerprint density at radius 3 is 2.54 bits per heavy atom. The number of amides is 1. The van der Waals surface area contributed by atoms with E-state index < -0.39 is 0 Å². The van der Waals surface area contributed by atoms with Crippen molar-refractivity contribution in [3.8, 4) is 5.69 Å². The summed E-state index contributed by atoms with van der Waals surface area (Å²) in [7, 11) is 0. The summed E-state index contributed by atoms with van der Waals surface area (Å²) in [5.41, 5.74) is 2.66. The van der Waals surface area contributed by atoms with E-state index in [-0.39, 0.29) is 11.7 Å². The molecular formula is C18H16Cl2N4OS. The van der Waals surface area contributed by atoms with Gasteiger partial charge < -0.3 is 5.32 Å². The van der Waals surface area contributed by atoms with Crippen molar-refractivity contribution in [3.05, 3.63) is 63.9 Å². The average molecular weight is 407 g/mol. The molecule has 0 aliphatic rings. The SMILES string of the molecule is Cc1ccc(-n2c(C)nnc2SCC(=O)Nc2ccc(Cl)cc2Cl)cc1. The van der Waals surface area contributed by atoms with E-state index in [0.717, 1.165) is 11.5 Å². The third-order valence-corrected chi connectivity index (χ3v) is 5.10. The number of carbonyl (C=O) groups is 1. The molecule has 0 radical (unpaired) electrons. The number of halogens is 2. The Morgan fingerprint density at radius 1 is 1.12 bits per heavy atom. The Morgan fingerprint density at radius 2 is 1.85 bits per heavy atom. The van der Waals surface area contributed by atoms with Gasteiger partial charge >= 0.3 is 0 Å². The molecule has 0 saturated heterocycles. The molecule has 5 nitrogen and oxygen atoms in total. The van der Waals surface area contributed by atoms with Crippen LogP contribution in [0.5, 0.6) is 0 Å². The van der Waals surface area contributed by atoms with Gasteiger partial charge in [0.1, 0.15) is 5.82 Å². The third-order valence-electron chi connectivity index (χ3n) is 3.62. The van der Waals surface area contributed by atoms with E-state index in [9.17, 15) is 4.79 Å². The van der Waals surface area contributed by atoms with Crippen LogP contribution in [0.3, 0.4) is 0 Å². The van der Waals surface area contributed by atoms with Gasteiger partial charge in [-0.3, -0.25) is 9.36 Å². The van der Waals surface area contributed by atoms with Crippen molar-refractivity contribution in [2.24, 2.45) is 0 Å². The van der Waals surface area contributed by atoms with Crippen LogP contribution in [0.25, 0.3) is 5.69 Å². The van der Waals surface area contributed by atoms with Crippen molar-refractivity contribution < 1.29 is 4.79 Å². The van der Waals surface area contributed by atoms with Gasteiger partial charge in [-0.25, -0.2) is 0 Å². The zero-order valence-electron chi connectivity index (χ0n) is 14.2. The topological polar surface area (TPSA) is 59.8 Å². The van der Waals surface area contributed by atoms with E-state index in [2.05, 4.69) is 15.5 Å². The minimum absolute atomic E-state index is 0.183. The summed E-state index contributed by atoms with van der Waals surface area (Å²) in [5, 5.41) is 12.6. The number of aromatic nitrogens is 3. The van der Waals surface area contributed by atoms with Gasteiger partial charge in [0, 0.05) is 10.7 Å². The molecule has 0 saturated carbocycles. The molecule has 8 heteroatoms. The third kappa shape index (κ3) is 4.38. The normalized spacial score (nSPS) is 10.8. The molecule has 1 heterocycles. The predicted molar refractivity (Wildman–Crippen MR) is 107 cm³/mol. The number of nitrogens with zero attached hydrogens (tertiary/aromatic N) is 3. The maximum absolute atomic E-state index is 12.2. The molecule has 0 aliphatic heterocycles. The minimum atomic E-state index is -0.185. The van der Waals surface area contributed by atoms with Gasteiger partial charge in [0.2, 0.25) is 5.91 Å². The van der Waals surface area contributed by atoms with Crippen LogP contribution < -0.4 is 5.32 Å². The first-order valence-electron chi connectivity index (χ1n) is 7.81. The second-order valence-electron chi connectivity index (χ2n) is 5.66. The summed E-state index contributed by atoms with van der Waals surface area (Å²) >= 11 is 13.3. The summed E-state index contributed by atoms with van der Waals surface area (Å²) in [6, 6.07) is 13.0. The van der Waals surface area contributed by atoms with Gasteiger partial charge in [-0.15, -0.1) is 10.2 Å². The fourth-order valence-corrected chi connectivity index (χ4v) is 3.59. The van der Waals surface area contributed by atoms with Gasteiger partial charge in [0.25, 0.3) is 0 Å². The average Bonchev–Trinajstić information content (AvgIpc) is 2.97. The van der Waals surface area contributed by atoms with E-state index in [0.29, 0.717) is 20.9 Å². The summed E-state index contributed by atoms with van der Waals surface area (Å²) in [5.74, 6) is 0.760. The number of anilines is 1. The van der Waals surface area contributed by atoms with Gasteiger partial charge in [0.05, 0.1) is 16.5 Å². The van der Waals surface area contributed by atoms with Crippen molar-refractivity contribution in [1.82, 2.24) is 14.8 Å². The molecule has 1 N–H and O–H groups in total. The fraction of sp³-hybridized carbons (Fsp3) is 0.167. The van der Waals surface area contributed by atoms with E-state index in [1.165, 1.54) is 17.3 Å². The zero-order valence-corrected chi connectivity index (χ0v) is 16.5. The summed E-state index contributed by atoms with van der Waals surface area (Å²) in [6.07, 6.45) is 0. The monoisotopic (exact) mass is 406 g/mol. The first-order valence-corrected chi connectivity index (χ1v) is 9.55. The smallest absolute Gasteiger partial charge is 0.234 e. The van der Waals surface area contributed by atoms with Gasteiger partial charge in [-0.05, 0) is 44.2 Å². The Kier molecular flexibility index (Phi) is 5.86. The highest BCUT2D eigenvalue weighted by Gasteiger charge is 2.14. The van der Waals surface area contributed by atoms with Crippen LogP contribution in [0.2, 0.25) is 10.0 Å². The van der Waals surface area contributed by atoms with Crippen molar-refractivity contribution in [3.63, 3.8) is 0 Å². The van der Waals surface area contributed by atoms with Crippen molar-refractivity contribution >= 4 is 46.6 Å². The quantitative estimate of drug-likeness (QED) is 0.610. The number of hydrogen-bond acceptors (Lipinski definition) is 4. The number of thioether (sulfide) groups is 1. The Hall–Kier alpha value is -2.02. The highest BCUT2D eigenvalue weighted by Crippen LogP contribution is 2.26. The number of hydrogen-bond donors (Lipinski definition) is 1. The van der Waals surface area contributed by atoms with Crippen LogP contribution in [0, 0.1) is 13.8 Å². The molecule has 134 valence electrons. The van der Waals surface area contributed by atoms with Gasteiger partial charge in [0.15, 0.2) is 5.16 Å². The fourth-order valence-electron chi connectivity index (χ4n) is 2.33. The standard InChI is InChI=1S/C18H16Cl2N4OS/c1-11-3-6-14(7-4-11)24-12(2)22-23-18(24)26-10-17(25)21-16-8-5-13(19)9-15(16)20/h3-9H,10H2,1-2H3,(H,21,25). The van der Waals surface area contributed by atoms with E-state index in [1.807, 2.05) is 42.7 Å². The largest absolute Gasteiger partial charge is 0.324 e. The lowest BCUT2D eigenvalue weighted by Gasteiger charge is -2.09. The van der Waals surface area contributed by atoms with Crippen LogP contribution >= 0.6 is 35.0 Å². The first-order chi connectivity index (χ1) is 12.4. The predicted octanol–water partition coefficient (Wildman–Crippen LogP) is 4.92. The number of rotatable bonds is 5. The maximum Gasteiger partial charge on any atom is 0.234 e. The molecule has 0 atom stereocenters. The summed E-state index contributed by atoms with van der Waals surface area (Å²) < 4.78 is 1.92. The van der Waals surface area contributed by atoms with Crippen LogP contribution in [0.15, 0.2) is 47.6 Å². The van der Waals surface area contributed by atoms with Crippen molar-refractivity contribution in [1.29, 1.82) is 0 Å². The van der Waals surface area contributed by atoms with Gasteiger partial charge in [-0.2, -0.15) is 0 Å². The molecule has 0 bridgehead atoms. The van der Waals surface area contributed by atoms with E-state index in [1.54, 1.807) is 18.2 Å². The second kappa shape index (κ2) is 8.12. The number of nitrogens with one attached hydrogen (secondary N) is 1. The minimum Gasteiger partial charge on any atom is -0.324 e. The molecule has 0 spiro atoms. The molecule has 0 aliphatic carbocycles. The van der Waals surface area contributed by atoms with Gasteiger partial charge in [-0.1, -0.05) is 52.7 Å². The Bertz CT molecular complexity index is 941. The second-order valence-corrected chi connectivity index (χ2v) is 7.45. The zero-order chi connectivity index (χ0) is 18.7. The van der Waals surface area contributed by atoms with Crippen molar-refractivity contribution in [2.45, 2.75) is 19.0 Å². The molecule has 1 amide bonds. The number of carbonyl (C=O) groups excluding carboxylic acids is 1. The lowest BCUT2D eigenvalue weighted by Crippen LogP contribution is -2.15. The molecular weight excluding hydrogens is 391 g/mol. The number of aryl methyl sites for hydroxylation is 2. The molecule has 3 rings (SSSR count). The molecule has 3 aromatic rings. The molecule has 0 fully saturated rings. The van der Waals surface area contributed by atoms with E-state index >= 15 is 0 Å². The molecule has 1 aromatic heterocycles. The summed E-state index contributed by atoms with van der Waals surface area (Å²) in [6.45, 7) is 3.91. The van der Waals surface area contributed by atoms with E-state index in [4.69, 9.17) is 23.2 Å². The summed E-state index contributed by atoms with van der Waals surface area (Å²) in [4.78, 5) is 12.2. The molecule has 26 heavy (non-hydrogen) atoms. The number of benzene rings is 2. The molecule has 0 unspecified atom stereocenters. The Labute approximate surface area is 165 Å². The highest BCUT2D eigenvalue weighted by atomic mass is 35.5. The van der Waals surface area contributed by atoms with Crippen LogP contribution in [0.1, 0.15) is 11.4 Å². The van der Waals surface area contributed by atoms with Crippen LogP contribution in [0.4, 0.5) is 5.69 Å². The van der Waals surface area contributed by atoms with Crippen LogP contribution in [-0.2, 0) is 4.79 Å².